The van der Waals surface area contributed by atoms with Crippen molar-refractivity contribution in [2.24, 2.45) is 0 Å². The predicted molar refractivity (Wildman–Crippen MR) is 101 cm³/mol. The lowest BCUT2D eigenvalue weighted by Gasteiger charge is -2.20. The first-order valence-electron chi connectivity index (χ1n) is 8.42. The largest absolute Gasteiger partial charge is 0.380 e. The molecule has 0 radical (unpaired) electrons. The van der Waals surface area contributed by atoms with Gasteiger partial charge in [0.15, 0.2) is 0 Å². The third kappa shape index (κ3) is 6.29. The summed E-state index contributed by atoms with van der Waals surface area (Å²) in [6.45, 7) is 6.20. The number of amides is 2. The third-order valence-corrected chi connectivity index (χ3v) is 3.43. The van der Waals surface area contributed by atoms with Gasteiger partial charge >= 0.3 is 0 Å². The number of nitrogens with one attached hydrogen (secondary N) is 2. The summed E-state index contributed by atoms with van der Waals surface area (Å²) < 4.78 is 5.11. The fourth-order valence-electron chi connectivity index (χ4n) is 2.42. The number of nitrogens with zero attached hydrogens (tertiary/aromatic N) is 1. The summed E-state index contributed by atoms with van der Waals surface area (Å²) in [4.78, 5) is 28.6. The van der Waals surface area contributed by atoms with Gasteiger partial charge in [-0.25, -0.2) is 0 Å². The Bertz CT molecular complexity index is 782. The van der Waals surface area contributed by atoms with Crippen LogP contribution in [0.5, 0.6) is 0 Å². The zero-order chi connectivity index (χ0) is 19.2. The van der Waals surface area contributed by atoms with Crippen molar-refractivity contribution in [2.45, 2.75) is 39.3 Å². The molecule has 1 aromatic heterocycles. The van der Waals surface area contributed by atoms with Crippen LogP contribution >= 0.6 is 0 Å². The monoisotopic (exact) mass is 355 g/mol. The van der Waals surface area contributed by atoms with Crippen LogP contribution in [0.4, 0.5) is 5.69 Å². The molecule has 0 bridgehead atoms. The van der Waals surface area contributed by atoms with Crippen LogP contribution < -0.4 is 10.6 Å². The van der Waals surface area contributed by atoms with Crippen LogP contribution in [-0.2, 0) is 22.6 Å². The van der Waals surface area contributed by atoms with Gasteiger partial charge in [0, 0.05) is 24.5 Å². The molecule has 6 nitrogen and oxygen atoms in total. The molecule has 0 aliphatic carbocycles. The minimum Gasteiger partial charge on any atom is -0.380 e. The zero-order valence-electron chi connectivity index (χ0n) is 15.6. The molecule has 2 rings (SSSR count). The molecule has 1 heterocycles. The van der Waals surface area contributed by atoms with E-state index < -0.39 is 0 Å². The maximum Gasteiger partial charge on any atom is 0.270 e. The topological polar surface area (TPSA) is 80.3 Å². The molecule has 0 saturated carbocycles. The summed E-state index contributed by atoms with van der Waals surface area (Å²) in [5, 5.41) is 5.66. The zero-order valence-corrected chi connectivity index (χ0v) is 15.6. The van der Waals surface area contributed by atoms with Gasteiger partial charge in [-0.3, -0.25) is 14.6 Å². The van der Waals surface area contributed by atoms with Gasteiger partial charge in [0.25, 0.3) is 5.91 Å². The summed E-state index contributed by atoms with van der Waals surface area (Å²) in [5.74, 6) is -0.436. The minimum absolute atomic E-state index is 0.159. The second-order valence-electron chi connectivity index (χ2n) is 7.11. The number of carbonyl (C=O) groups excluding carboxylic acids is 2. The van der Waals surface area contributed by atoms with E-state index >= 15 is 0 Å². The van der Waals surface area contributed by atoms with Crippen molar-refractivity contribution in [3.63, 3.8) is 0 Å². The summed E-state index contributed by atoms with van der Waals surface area (Å²) in [6.07, 6.45) is 1.75. The number of hydrogen-bond donors (Lipinski definition) is 2. The van der Waals surface area contributed by atoms with Crippen molar-refractivity contribution in [1.82, 2.24) is 10.3 Å². The molecule has 26 heavy (non-hydrogen) atoms. The molecular formula is C20H25N3O3. The van der Waals surface area contributed by atoms with Crippen LogP contribution in [0.3, 0.4) is 0 Å². The van der Waals surface area contributed by atoms with E-state index in [0.717, 1.165) is 11.1 Å². The number of aromatic nitrogens is 1. The Hall–Kier alpha value is -2.73. The molecule has 0 fully saturated rings. The lowest BCUT2D eigenvalue weighted by atomic mass is 10.1. The number of hydrogen-bond acceptors (Lipinski definition) is 4. The highest BCUT2D eigenvalue weighted by molar-refractivity contribution is 5.96. The Balaban J connectivity index is 2.02. The normalized spacial score (nSPS) is 11.1. The molecule has 1 aromatic carbocycles. The number of carbonyl (C=O) groups is 2. The summed E-state index contributed by atoms with van der Waals surface area (Å²) in [6, 6.07) is 10.9. The number of benzene rings is 1. The average Bonchev–Trinajstić information content (AvgIpc) is 2.54. The van der Waals surface area contributed by atoms with E-state index in [0.29, 0.717) is 12.3 Å². The molecule has 138 valence electrons. The van der Waals surface area contributed by atoms with Crippen molar-refractivity contribution in [3.8, 4) is 0 Å². The standard InChI is InChI=1S/C20H25N3O3/c1-20(2,3)23-19(25)17-12-16(8-9-21-17)22-18(24)11-14-6-5-7-15(10-14)13-26-4/h5-10,12H,11,13H2,1-4H3,(H,23,25)(H,21,22,24). The molecular weight excluding hydrogens is 330 g/mol. The van der Waals surface area contributed by atoms with Crippen LogP contribution in [0.25, 0.3) is 0 Å². The van der Waals surface area contributed by atoms with Gasteiger partial charge in [-0.05, 0) is 44.0 Å². The average molecular weight is 355 g/mol. The first-order chi connectivity index (χ1) is 12.3. The molecule has 0 aliphatic rings. The number of ether oxygens (including phenoxy) is 1. The highest BCUT2D eigenvalue weighted by Crippen LogP contribution is 2.12. The number of rotatable bonds is 6. The second kappa shape index (κ2) is 8.58. The van der Waals surface area contributed by atoms with Gasteiger partial charge in [-0.1, -0.05) is 24.3 Å². The Kier molecular flexibility index (Phi) is 6.46. The fourth-order valence-corrected chi connectivity index (χ4v) is 2.42. The van der Waals surface area contributed by atoms with Crippen LogP contribution in [0.2, 0.25) is 0 Å². The quantitative estimate of drug-likeness (QED) is 0.835. The highest BCUT2D eigenvalue weighted by atomic mass is 16.5. The van der Waals surface area contributed by atoms with E-state index in [1.165, 1.54) is 6.20 Å². The van der Waals surface area contributed by atoms with E-state index in [-0.39, 0.29) is 29.5 Å². The van der Waals surface area contributed by atoms with E-state index in [9.17, 15) is 9.59 Å². The molecule has 0 spiro atoms. The Morgan fingerprint density at radius 2 is 1.85 bits per heavy atom. The van der Waals surface area contributed by atoms with E-state index in [2.05, 4.69) is 15.6 Å². The number of methoxy groups -OCH3 is 1. The predicted octanol–water partition coefficient (Wildman–Crippen LogP) is 2.94. The molecule has 0 atom stereocenters. The van der Waals surface area contributed by atoms with Gasteiger partial charge in [0.05, 0.1) is 13.0 Å². The Morgan fingerprint density at radius 1 is 1.12 bits per heavy atom. The van der Waals surface area contributed by atoms with Gasteiger partial charge in [-0.15, -0.1) is 0 Å². The van der Waals surface area contributed by atoms with Crippen LogP contribution in [-0.4, -0.2) is 29.4 Å². The van der Waals surface area contributed by atoms with Crippen LogP contribution in [0, 0.1) is 0 Å². The van der Waals surface area contributed by atoms with Crippen molar-refractivity contribution < 1.29 is 14.3 Å². The van der Waals surface area contributed by atoms with Crippen molar-refractivity contribution in [3.05, 3.63) is 59.4 Å². The van der Waals surface area contributed by atoms with Gasteiger partial charge in [0.2, 0.25) is 5.91 Å². The molecule has 2 amide bonds. The third-order valence-electron chi connectivity index (χ3n) is 3.43. The maximum atomic E-state index is 12.3. The molecule has 0 saturated heterocycles. The van der Waals surface area contributed by atoms with Gasteiger partial charge in [-0.2, -0.15) is 0 Å². The summed E-state index contributed by atoms with van der Waals surface area (Å²) in [7, 11) is 1.64. The number of pyridine rings is 1. The van der Waals surface area contributed by atoms with E-state index in [1.54, 1.807) is 19.2 Å². The first-order valence-corrected chi connectivity index (χ1v) is 8.42. The number of anilines is 1. The Labute approximate surface area is 154 Å². The van der Waals surface area contributed by atoms with Crippen LogP contribution in [0.1, 0.15) is 42.4 Å². The lowest BCUT2D eigenvalue weighted by Crippen LogP contribution is -2.40. The van der Waals surface area contributed by atoms with E-state index in [4.69, 9.17) is 4.74 Å². The minimum atomic E-state index is -0.356. The second-order valence-corrected chi connectivity index (χ2v) is 7.11. The molecule has 2 aromatic rings. The lowest BCUT2D eigenvalue weighted by molar-refractivity contribution is -0.115. The maximum absolute atomic E-state index is 12.3. The Morgan fingerprint density at radius 3 is 2.54 bits per heavy atom. The molecule has 0 unspecified atom stereocenters. The van der Waals surface area contributed by atoms with E-state index in [1.807, 2.05) is 45.0 Å². The van der Waals surface area contributed by atoms with Crippen molar-refractivity contribution >= 4 is 17.5 Å². The summed E-state index contributed by atoms with van der Waals surface area (Å²) >= 11 is 0. The molecule has 2 N–H and O–H groups in total. The fraction of sp³-hybridized carbons (Fsp3) is 0.350. The van der Waals surface area contributed by atoms with Crippen molar-refractivity contribution in [2.75, 3.05) is 12.4 Å². The molecule has 0 aliphatic heterocycles. The first kappa shape index (κ1) is 19.6. The SMILES string of the molecule is COCc1cccc(CC(=O)Nc2ccnc(C(=O)NC(C)(C)C)c2)c1. The highest BCUT2D eigenvalue weighted by Gasteiger charge is 2.16. The van der Waals surface area contributed by atoms with Crippen LogP contribution in [0.15, 0.2) is 42.6 Å². The van der Waals surface area contributed by atoms with Gasteiger partial charge in [0.1, 0.15) is 5.69 Å². The van der Waals surface area contributed by atoms with Crippen molar-refractivity contribution in [1.29, 1.82) is 0 Å². The summed E-state index contributed by atoms with van der Waals surface area (Å²) in [5.41, 5.74) is 2.36. The smallest absolute Gasteiger partial charge is 0.270 e. The van der Waals surface area contributed by atoms with Gasteiger partial charge < -0.3 is 15.4 Å². The molecule has 6 heteroatoms.